The van der Waals surface area contributed by atoms with Crippen LogP contribution in [0.5, 0.6) is 0 Å². The largest absolute Gasteiger partial charge is 0.342 e. The predicted octanol–water partition coefficient (Wildman–Crippen LogP) is 1.29. The Morgan fingerprint density at radius 2 is 2.31 bits per heavy atom. The van der Waals surface area contributed by atoms with Gasteiger partial charge in [0.15, 0.2) is 0 Å². The van der Waals surface area contributed by atoms with Crippen LogP contribution >= 0.6 is 0 Å². The minimum atomic E-state index is 0.364. The lowest BCUT2D eigenvalue weighted by Gasteiger charge is -2.37. The van der Waals surface area contributed by atoms with Crippen molar-refractivity contribution in [3.8, 4) is 0 Å². The number of anilines is 1. The summed E-state index contributed by atoms with van der Waals surface area (Å²) in [5, 5.41) is 0. The summed E-state index contributed by atoms with van der Waals surface area (Å²) >= 11 is 0. The van der Waals surface area contributed by atoms with Crippen LogP contribution in [0.3, 0.4) is 0 Å². The summed E-state index contributed by atoms with van der Waals surface area (Å²) in [6.07, 6.45) is 4.30. The van der Waals surface area contributed by atoms with E-state index in [0.717, 1.165) is 37.6 Å². The van der Waals surface area contributed by atoms with Crippen LogP contribution in [-0.2, 0) is 7.05 Å². The number of nitrogens with two attached hydrogens (primary N) is 1. The lowest BCUT2D eigenvalue weighted by atomic mass is 9.91. The molecule has 90 valence electrons. The lowest BCUT2D eigenvalue weighted by molar-refractivity contribution is 0.344. The first-order valence-corrected chi connectivity index (χ1v) is 6.12. The van der Waals surface area contributed by atoms with Crippen LogP contribution in [0.25, 0.3) is 0 Å². The van der Waals surface area contributed by atoms with Gasteiger partial charge in [0.05, 0.1) is 5.69 Å². The smallest absolute Gasteiger partial charge is 0.205 e. The molecule has 0 bridgehead atoms. The maximum absolute atomic E-state index is 6.12. The summed E-state index contributed by atoms with van der Waals surface area (Å²) in [6, 6.07) is 0.364. The van der Waals surface area contributed by atoms with Crippen molar-refractivity contribution in [3.05, 3.63) is 11.9 Å². The molecule has 4 heteroatoms. The van der Waals surface area contributed by atoms with Gasteiger partial charge < -0.3 is 15.2 Å². The zero-order valence-corrected chi connectivity index (χ0v) is 10.5. The van der Waals surface area contributed by atoms with E-state index in [9.17, 15) is 0 Å². The monoisotopic (exact) mass is 222 g/mol. The molecule has 0 saturated carbocycles. The number of aryl methyl sites for hydroxylation is 2. The highest BCUT2D eigenvalue weighted by Gasteiger charge is 2.27. The van der Waals surface area contributed by atoms with Gasteiger partial charge in [0.25, 0.3) is 0 Å². The highest BCUT2D eigenvalue weighted by atomic mass is 15.3. The third-order valence-corrected chi connectivity index (χ3v) is 3.57. The Bertz CT molecular complexity index is 358. The summed E-state index contributed by atoms with van der Waals surface area (Å²) in [5.74, 6) is 1.69. The molecule has 0 amide bonds. The number of imidazole rings is 1. The molecule has 2 rings (SSSR count). The molecule has 1 aromatic heterocycles. The van der Waals surface area contributed by atoms with Crippen molar-refractivity contribution < 1.29 is 0 Å². The zero-order chi connectivity index (χ0) is 11.7. The van der Waals surface area contributed by atoms with Crippen LogP contribution in [0.4, 0.5) is 5.95 Å². The van der Waals surface area contributed by atoms with E-state index in [1.54, 1.807) is 0 Å². The van der Waals surface area contributed by atoms with E-state index >= 15 is 0 Å². The van der Waals surface area contributed by atoms with Gasteiger partial charge in [-0.3, -0.25) is 0 Å². The molecule has 0 aliphatic carbocycles. The maximum atomic E-state index is 6.12. The normalized spacial score (nSPS) is 26.1. The number of aromatic nitrogens is 2. The SMILES string of the molecule is CCC1CN(c2nc(C)cn2C)CCC1N. The van der Waals surface area contributed by atoms with Crippen LogP contribution in [0, 0.1) is 12.8 Å². The lowest BCUT2D eigenvalue weighted by Crippen LogP contribution is -2.47. The number of rotatable bonds is 2. The number of piperidine rings is 1. The van der Waals surface area contributed by atoms with Gasteiger partial charge in [0, 0.05) is 32.4 Å². The van der Waals surface area contributed by atoms with Crippen molar-refractivity contribution in [1.29, 1.82) is 0 Å². The Labute approximate surface area is 97.4 Å². The Morgan fingerprint density at radius 3 is 2.88 bits per heavy atom. The molecule has 0 aromatic carbocycles. The minimum absolute atomic E-state index is 0.364. The maximum Gasteiger partial charge on any atom is 0.205 e. The Balaban J connectivity index is 2.14. The quantitative estimate of drug-likeness (QED) is 0.820. The molecule has 0 spiro atoms. The molecule has 2 atom stereocenters. The van der Waals surface area contributed by atoms with E-state index in [0.29, 0.717) is 12.0 Å². The zero-order valence-electron chi connectivity index (χ0n) is 10.5. The van der Waals surface area contributed by atoms with E-state index in [1.807, 2.05) is 6.92 Å². The standard InChI is InChI=1S/C12H22N4/c1-4-10-8-16(6-5-11(10)13)12-14-9(2)7-15(12)3/h7,10-11H,4-6,8,13H2,1-3H3. The Morgan fingerprint density at radius 1 is 1.56 bits per heavy atom. The fourth-order valence-electron chi connectivity index (χ4n) is 2.56. The average molecular weight is 222 g/mol. The predicted molar refractivity (Wildman–Crippen MR) is 66.5 cm³/mol. The summed E-state index contributed by atoms with van der Waals surface area (Å²) in [4.78, 5) is 6.94. The highest BCUT2D eigenvalue weighted by molar-refractivity contribution is 5.34. The molecule has 1 aliphatic rings. The first-order valence-electron chi connectivity index (χ1n) is 6.12. The molecule has 2 heterocycles. The number of hydrogen-bond donors (Lipinski definition) is 1. The minimum Gasteiger partial charge on any atom is -0.342 e. The summed E-state index contributed by atoms with van der Waals surface area (Å²) < 4.78 is 2.11. The van der Waals surface area contributed by atoms with Gasteiger partial charge in [-0.2, -0.15) is 0 Å². The third kappa shape index (κ3) is 2.07. The van der Waals surface area contributed by atoms with Crippen molar-refractivity contribution >= 4 is 5.95 Å². The third-order valence-electron chi connectivity index (χ3n) is 3.57. The van der Waals surface area contributed by atoms with E-state index in [-0.39, 0.29) is 0 Å². The first kappa shape index (κ1) is 11.5. The van der Waals surface area contributed by atoms with E-state index in [4.69, 9.17) is 5.73 Å². The molecular weight excluding hydrogens is 200 g/mol. The molecule has 2 N–H and O–H groups in total. The highest BCUT2D eigenvalue weighted by Crippen LogP contribution is 2.23. The Kier molecular flexibility index (Phi) is 3.19. The summed E-state index contributed by atoms with van der Waals surface area (Å²) in [7, 11) is 2.06. The van der Waals surface area contributed by atoms with Gasteiger partial charge in [-0.1, -0.05) is 13.3 Å². The summed E-state index contributed by atoms with van der Waals surface area (Å²) in [5.41, 5.74) is 7.20. The first-order chi connectivity index (χ1) is 7.61. The number of nitrogens with zero attached hydrogens (tertiary/aromatic N) is 3. The Hall–Kier alpha value is -1.03. The molecule has 0 radical (unpaired) electrons. The van der Waals surface area contributed by atoms with Gasteiger partial charge in [-0.15, -0.1) is 0 Å². The van der Waals surface area contributed by atoms with Gasteiger partial charge in [0.2, 0.25) is 5.95 Å². The molecular formula is C12H22N4. The summed E-state index contributed by atoms with van der Waals surface area (Å²) in [6.45, 7) is 6.33. The van der Waals surface area contributed by atoms with Crippen LogP contribution < -0.4 is 10.6 Å². The van der Waals surface area contributed by atoms with Crippen molar-refractivity contribution in [3.63, 3.8) is 0 Å². The fourth-order valence-corrected chi connectivity index (χ4v) is 2.56. The molecule has 2 unspecified atom stereocenters. The van der Waals surface area contributed by atoms with Crippen LogP contribution in [0.1, 0.15) is 25.5 Å². The van der Waals surface area contributed by atoms with Crippen molar-refractivity contribution in [2.24, 2.45) is 18.7 Å². The fraction of sp³-hybridized carbons (Fsp3) is 0.750. The molecule has 4 nitrogen and oxygen atoms in total. The van der Waals surface area contributed by atoms with Crippen LogP contribution in [0.2, 0.25) is 0 Å². The van der Waals surface area contributed by atoms with E-state index in [1.165, 1.54) is 0 Å². The van der Waals surface area contributed by atoms with Crippen molar-refractivity contribution in [1.82, 2.24) is 9.55 Å². The van der Waals surface area contributed by atoms with Crippen LogP contribution in [-0.4, -0.2) is 28.7 Å². The van der Waals surface area contributed by atoms with Crippen LogP contribution in [0.15, 0.2) is 6.20 Å². The van der Waals surface area contributed by atoms with Crippen molar-refractivity contribution in [2.75, 3.05) is 18.0 Å². The topological polar surface area (TPSA) is 47.1 Å². The van der Waals surface area contributed by atoms with Crippen molar-refractivity contribution in [2.45, 2.75) is 32.7 Å². The van der Waals surface area contributed by atoms with Gasteiger partial charge in [-0.05, 0) is 19.3 Å². The second-order valence-corrected chi connectivity index (χ2v) is 4.86. The molecule has 1 aliphatic heterocycles. The molecule has 16 heavy (non-hydrogen) atoms. The van der Waals surface area contributed by atoms with Gasteiger partial charge in [-0.25, -0.2) is 4.98 Å². The second kappa shape index (κ2) is 4.45. The van der Waals surface area contributed by atoms with Gasteiger partial charge >= 0.3 is 0 Å². The van der Waals surface area contributed by atoms with E-state index < -0.39 is 0 Å². The number of hydrogen-bond acceptors (Lipinski definition) is 3. The molecule has 1 aromatic rings. The second-order valence-electron chi connectivity index (χ2n) is 4.86. The molecule has 1 fully saturated rings. The van der Waals surface area contributed by atoms with E-state index in [2.05, 4.69) is 34.6 Å². The van der Waals surface area contributed by atoms with Gasteiger partial charge in [0.1, 0.15) is 0 Å². The molecule has 1 saturated heterocycles. The average Bonchev–Trinajstić information content (AvgIpc) is 2.59.